The van der Waals surface area contributed by atoms with Crippen molar-refractivity contribution in [2.45, 2.75) is 0 Å². The molecule has 2 N–H and O–H groups in total. The minimum atomic E-state index is -0.829. The fourth-order valence-electron chi connectivity index (χ4n) is 0.561. The molecule has 6 nitrogen and oxygen atoms in total. The third-order valence-electron chi connectivity index (χ3n) is 1.01. The number of nitrogens with two attached hydrogens (primary N) is 1. The van der Waals surface area contributed by atoms with Crippen molar-refractivity contribution in [2.75, 3.05) is 13.3 Å². The second kappa shape index (κ2) is 3.65. The van der Waals surface area contributed by atoms with E-state index in [-0.39, 0.29) is 18.2 Å². The Morgan fingerprint density at radius 2 is 2.42 bits per heavy atom. The van der Waals surface area contributed by atoms with Gasteiger partial charge in [0.15, 0.2) is 0 Å². The summed E-state index contributed by atoms with van der Waals surface area (Å²) in [4.78, 5) is 10.5. The highest BCUT2D eigenvalue weighted by Crippen LogP contribution is 2.10. The van der Waals surface area contributed by atoms with Crippen LogP contribution in [0.4, 0.5) is 4.39 Å². The number of primary amides is 1. The number of rotatable bonds is 4. The summed E-state index contributed by atoms with van der Waals surface area (Å²) < 4.78 is 20.4. The maximum Gasteiger partial charge on any atom is 0.289 e. The highest BCUT2D eigenvalue weighted by Gasteiger charge is 2.16. The van der Waals surface area contributed by atoms with Gasteiger partial charge in [0.1, 0.15) is 13.3 Å². The molecule has 0 aliphatic rings. The minimum absolute atomic E-state index is 0.180. The van der Waals surface area contributed by atoms with E-state index in [0.29, 0.717) is 0 Å². The topological polar surface area (TPSA) is 91.2 Å². The van der Waals surface area contributed by atoms with Gasteiger partial charge < -0.3 is 10.5 Å². The largest absolute Gasteiger partial charge is 0.471 e. The van der Waals surface area contributed by atoms with Crippen LogP contribution in [0.3, 0.4) is 0 Å². The molecule has 0 saturated carbocycles. The van der Waals surface area contributed by atoms with Gasteiger partial charge in [-0.3, -0.25) is 4.79 Å². The van der Waals surface area contributed by atoms with Gasteiger partial charge >= 0.3 is 0 Å². The predicted molar refractivity (Wildman–Crippen MR) is 34.3 cm³/mol. The molecule has 12 heavy (non-hydrogen) atoms. The van der Waals surface area contributed by atoms with Crippen LogP contribution in [0.25, 0.3) is 0 Å². The van der Waals surface area contributed by atoms with E-state index in [4.69, 9.17) is 5.73 Å². The Balaban J connectivity index is 2.70. The summed E-state index contributed by atoms with van der Waals surface area (Å²) in [5.74, 6) is -1.01. The van der Waals surface area contributed by atoms with Crippen LogP contribution in [-0.4, -0.2) is 29.5 Å². The molecular weight excluding hydrogens is 169 g/mol. The van der Waals surface area contributed by atoms with Crippen molar-refractivity contribution < 1.29 is 18.6 Å². The number of alkyl halides is 1. The van der Waals surface area contributed by atoms with Crippen molar-refractivity contribution in [3.8, 4) is 5.88 Å². The molecule has 66 valence electrons. The molecule has 1 aromatic heterocycles. The molecule has 1 rings (SSSR count). The fourth-order valence-corrected chi connectivity index (χ4v) is 0.561. The van der Waals surface area contributed by atoms with Gasteiger partial charge in [-0.25, -0.2) is 9.02 Å². The SMILES string of the molecule is NC(=O)c1nonc1OCCF. The maximum absolute atomic E-state index is 11.6. The van der Waals surface area contributed by atoms with Crippen molar-refractivity contribution in [2.24, 2.45) is 5.73 Å². The first kappa shape index (κ1) is 8.44. The second-order valence-corrected chi connectivity index (χ2v) is 1.82. The standard InChI is InChI=1S/C5H6FN3O3/c6-1-2-11-5-3(4(7)10)8-12-9-5/h1-2H2,(H2,7,10). The molecule has 7 heteroatoms. The molecular formula is C5H6FN3O3. The van der Waals surface area contributed by atoms with E-state index in [1.165, 1.54) is 0 Å². The number of aromatic nitrogens is 2. The molecule has 0 aliphatic heterocycles. The lowest BCUT2D eigenvalue weighted by Crippen LogP contribution is -2.13. The molecule has 0 bridgehead atoms. The zero-order valence-electron chi connectivity index (χ0n) is 5.99. The zero-order chi connectivity index (χ0) is 8.97. The Morgan fingerprint density at radius 1 is 1.67 bits per heavy atom. The van der Waals surface area contributed by atoms with Crippen LogP contribution in [0.5, 0.6) is 5.88 Å². The van der Waals surface area contributed by atoms with Gasteiger partial charge in [-0.2, -0.15) is 0 Å². The average molecular weight is 175 g/mol. The molecule has 0 spiro atoms. The van der Waals surface area contributed by atoms with Crippen LogP contribution in [0.15, 0.2) is 4.63 Å². The lowest BCUT2D eigenvalue weighted by atomic mass is 10.4. The molecule has 1 heterocycles. The van der Waals surface area contributed by atoms with Crippen LogP contribution in [0.2, 0.25) is 0 Å². The van der Waals surface area contributed by atoms with Gasteiger partial charge in [-0.15, -0.1) is 0 Å². The van der Waals surface area contributed by atoms with Crippen molar-refractivity contribution in [1.29, 1.82) is 0 Å². The predicted octanol–water partition coefficient (Wildman–Crippen LogP) is -0.483. The Hall–Kier alpha value is -1.66. The number of carbonyl (C=O) groups is 1. The van der Waals surface area contributed by atoms with Gasteiger partial charge in [0.2, 0.25) is 5.69 Å². The van der Waals surface area contributed by atoms with Crippen LogP contribution in [-0.2, 0) is 0 Å². The molecule has 0 radical (unpaired) electrons. The van der Waals surface area contributed by atoms with E-state index in [9.17, 15) is 9.18 Å². The summed E-state index contributed by atoms with van der Waals surface area (Å²) in [5.41, 5.74) is 4.62. The van der Waals surface area contributed by atoms with Crippen LogP contribution in [0, 0.1) is 0 Å². The maximum atomic E-state index is 11.6. The molecule has 1 amide bonds. The molecule has 0 saturated heterocycles. The van der Waals surface area contributed by atoms with Gasteiger partial charge in [0.25, 0.3) is 11.8 Å². The van der Waals surface area contributed by atoms with Crippen molar-refractivity contribution >= 4 is 5.91 Å². The molecule has 0 unspecified atom stereocenters. The first-order valence-electron chi connectivity index (χ1n) is 3.07. The summed E-state index contributed by atoms with van der Waals surface area (Å²) in [6.07, 6.45) is 0. The van der Waals surface area contributed by atoms with E-state index in [1.54, 1.807) is 0 Å². The normalized spacial score (nSPS) is 9.75. The third kappa shape index (κ3) is 1.68. The Kier molecular flexibility index (Phi) is 2.57. The zero-order valence-corrected chi connectivity index (χ0v) is 5.99. The Bertz CT molecular complexity index is 275. The molecule has 0 fully saturated rings. The van der Waals surface area contributed by atoms with E-state index < -0.39 is 12.6 Å². The lowest BCUT2D eigenvalue weighted by molar-refractivity contribution is 0.0987. The molecule has 0 aromatic carbocycles. The summed E-state index contributed by atoms with van der Waals surface area (Å²) in [5, 5.41) is 6.36. The van der Waals surface area contributed by atoms with E-state index in [0.717, 1.165) is 0 Å². The Labute approximate surface area is 66.4 Å². The summed E-state index contributed by atoms with van der Waals surface area (Å²) >= 11 is 0. The van der Waals surface area contributed by atoms with E-state index in [2.05, 4.69) is 19.7 Å². The van der Waals surface area contributed by atoms with E-state index >= 15 is 0 Å². The minimum Gasteiger partial charge on any atom is -0.471 e. The van der Waals surface area contributed by atoms with Crippen molar-refractivity contribution in [1.82, 2.24) is 10.3 Å². The van der Waals surface area contributed by atoms with E-state index in [1.807, 2.05) is 0 Å². The third-order valence-corrected chi connectivity index (χ3v) is 1.01. The number of hydrogen-bond donors (Lipinski definition) is 1. The smallest absolute Gasteiger partial charge is 0.289 e. The van der Waals surface area contributed by atoms with Crippen molar-refractivity contribution in [3.05, 3.63) is 5.69 Å². The second-order valence-electron chi connectivity index (χ2n) is 1.82. The van der Waals surface area contributed by atoms with Gasteiger partial charge in [0.05, 0.1) is 0 Å². The highest BCUT2D eigenvalue weighted by atomic mass is 19.1. The molecule has 0 atom stereocenters. The van der Waals surface area contributed by atoms with Crippen molar-refractivity contribution in [3.63, 3.8) is 0 Å². The molecule has 0 aliphatic carbocycles. The number of amides is 1. The fraction of sp³-hybridized carbons (Fsp3) is 0.400. The summed E-state index contributed by atoms with van der Waals surface area (Å²) in [7, 11) is 0. The Morgan fingerprint density at radius 3 is 3.00 bits per heavy atom. The average Bonchev–Trinajstić information content (AvgIpc) is 2.48. The first-order valence-corrected chi connectivity index (χ1v) is 3.07. The highest BCUT2D eigenvalue weighted by molar-refractivity contribution is 5.92. The quantitative estimate of drug-likeness (QED) is 0.667. The van der Waals surface area contributed by atoms with Gasteiger partial charge in [-0.1, -0.05) is 0 Å². The van der Waals surface area contributed by atoms with Crippen LogP contribution in [0.1, 0.15) is 10.5 Å². The lowest BCUT2D eigenvalue weighted by Gasteiger charge is -1.96. The van der Waals surface area contributed by atoms with Crippen LogP contribution >= 0.6 is 0 Å². The molecule has 1 aromatic rings. The summed E-state index contributed by atoms with van der Waals surface area (Å²) in [6, 6.07) is 0. The number of ether oxygens (including phenoxy) is 1. The number of halogens is 1. The number of hydrogen-bond acceptors (Lipinski definition) is 5. The van der Waals surface area contributed by atoms with Crippen LogP contribution < -0.4 is 10.5 Å². The first-order chi connectivity index (χ1) is 5.75. The number of carbonyl (C=O) groups excluding carboxylic acids is 1. The van der Waals surface area contributed by atoms with Gasteiger partial charge in [0, 0.05) is 0 Å². The monoisotopic (exact) mass is 175 g/mol. The summed E-state index contributed by atoms with van der Waals surface area (Å²) in [6.45, 7) is -0.903. The van der Waals surface area contributed by atoms with Gasteiger partial charge in [-0.05, 0) is 10.3 Å². The number of nitrogens with zero attached hydrogens (tertiary/aromatic N) is 2.